The summed E-state index contributed by atoms with van der Waals surface area (Å²) in [5, 5.41) is -1.24. The molecule has 0 saturated heterocycles. The first-order valence-electron chi connectivity index (χ1n) is 4.00. The lowest BCUT2D eigenvalue weighted by atomic mass is 10.2. The number of sulfone groups is 1. The van der Waals surface area contributed by atoms with Crippen molar-refractivity contribution < 1.29 is 26.4 Å². The number of hydrogen-bond donors (Lipinski definition) is 0. The van der Waals surface area contributed by atoms with Gasteiger partial charge in [0.1, 0.15) is 5.69 Å². The molecule has 17 heavy (non-hydrogen) atoms. The van der Waals surface area contributed by atoms with E-state index in [2.05, 4.69) is 4.98 Å². The van der Waals surface area contributed by atoms with Gasteiger partial charge in [0, 0.05) is 12.5 Å². The van der Waals surface area contributed by atoms with Crippen LogP contribution in [0.2, 0.25) is 0 Å². The van der Waals surface area contributed by atoms with Crippen molar-refractivity contribution in [2.24, 2.45) is 0 Å². The van der Waals surface area contributed by atoms with Gasteiger partial charge in [0.15, 0.2) is 9.84 Å². The van der Waals surface area contributed by atoms with Gasteiger partial charge in [0.05, 0.1) is 10.5 Å². The second-order valence-corrected chi connectivity index (χ2v) is 5.44. The zero-order valence-electron chi connectivity index (χ0n) is 8.25. The molecule has 0 aliphatic carbocycles. The minimum Gasteiger partial charge on any atom is -0.274 e. The number of aromatic nitrogens is 1. The number of pyridine rings is 1. The lowest BCUT2D eigenvalue weighted by Gasteiger charge is -2.09. The molecule has 1 heterocycles. The first-order valence-corrected chi connectivity index (χ1v) is 6.27. The Morgan fingerprint density at radius 3 is 2.29 bits per heavy atom. The Kier molecular flexibility index (Phi) is 3.49. The monoisotopic (exact) mass is 287 g/mol. The number of carbonyl (C=O) groups excluding carboxylic acids is 1. The van der Waals surface area contributed by atoms with Crippen LogP contribution in [0, 0.1) is 0 Å². The van der Waals surface area contributed by atoms with Gasteiger partial charge in [0.25, 0.3) is 5.24 Å². The summed E-state index contributed by atoms with van der Waals surface area (Å²) in [5.41, 5.74) is -1.98. The van der Waals surface area contributed by atoms with Crippen LogP contribution in [0.15, 0.2) is 17.2 Å². The largest absolute Gasteiger partial charge is 0.417 e. The maximum absolute atomic E-state index is 12.3. The third-order valence-electron chi connectivity index (χ3n) is 1.77. The number of hydrogen-bond acceptors (Lipinski definition) is 4. The summed E-state index contributed by atoms with van der Waals surface area (Å²) in [6, 6.07) is 0.331. The van der Waals surface area contributed by atoms with Crippen LogP contribution in [0.4, 0.5) is 13.2 Å². The van der Waals surface area contributed by atoms with Crippen molar-refractivity contribution in [3.05, 3.63) is 23.5 Å². The van der Waals surface area contributed by atoms with Crippen molar-refractivity contribution in [3.8, 4) is 0 Å². The minimum absolute atomic E-state index is 0.331. The molecule has 0 unspecified atom stereocenters. The predicted molar refractivity (Wildman–Crippen MR) is 52.5 cm³/mol. The van der Waals surface area contributed by atoms with Gasteiger partial charge in [0.2, 0.25) is 0 Å². The first kappa shape index (κ1) is 13.9. The van der Waals surface area contributed by atoms with Crippen molar-refractivity contribution in [3.63, 3.8) is 0 Å². The van der Waals surface area contributed by atoms with Crippen LogP contribution < -0.4 is 0 Å². The average molecular weight is 288 g/mol. The molecule has 1 aromatic heterocycles. The molecule has 1 rings (SSSR count). The Bertz CT molecular complexity index is 568. The van der Waals surface area contributed by atoms with E-state index in [0.717, 1.165) is 0 Å². The molecule has 0 aliphatic heterocycles. The van der Waals surface area contributed by atoms with E-state index in [1.807, 2.05) is 0 Å². The lowest BCUT2D eigenvalue weighted by Crippen LogP contribution is -2.12. The molecule has 0 N–H and O–H groups in total. The summed E-state index contributed by atoms with van der Waals surface area (Å²) in [6.45, 7) is 0. The van der Waals surface area contributed by atoms with E-state index in [0.29, 0.717) is 18.5 Å². The summed E-state index contributed by atoms with van der Waals surface area (Å²) in [4.78, 5) is 13.1. The summed E-state index contributed by atoms with van der Waals surface area (Å²) < 4.78 is 59.4. The molecule has 0 aliphatic rings. The second kappa shape index (κ2) is 4.26. The number of nitrogens with zero attached hydrogens (tertiary/aromatic N) is 1. The summed E-state index contributed by atoms with van der Waals surface area (Å²) in [6.07, 6.45) is -3.74. The Labute approximate surface area is 99.3 Å². The van der Waals surface area contributed by atoms with Gasteiger partial charge in [-0.2, -0.15) is 13.2 Å². The zero-order chi connectivity index (χ0) is 13.4. The second-order valence-electron chi connectivity index (χ2n) is 3.11. The van der Waals surface area contributed by atoms with Crippen LogP contribution in [0.1, 0.15) is 16.1 Å². The Morgan fingerprint density at radius 1 is 1.41 bits per heavy atom. The van der Waals surface area contributed by atoms with Gasteiger partial charge in [-0.25, -0.2) is 13.4 Å². The predicted octanol–water partition coefficient (Wildman–Crippen LogP) is 1.88. The van der Waals surface area contributed by atoms with Gasteiger partial charge in [-0.05, 0) is 17.7 Å². The number of rotatable bonds is 2. The normalized spacial score (nSPS) is 12.5. The molecule has 0 fully saturated rings. The Morgan fingerprint density at radius 2 is 1.94 bits per heavy atom. The Balaban J connectivity index is 3.57. The molecule has 0 bridgehead atoms. The fourth-order valence-corrected chi connectivity index (χ4v) is 2.07. The molecule has 4 nitrogen and oxygen atoms in total. The molecule has 94 valence electrons. The number of carbonyl (C=O) groups is 1. The highest BCUT2D eigenvalue weighted by Crippen LogP contribution is 2.31. The third-order valence-corrected chi connectivity index (χ3v) is 3.05. The quantitative estimate of drug-likeness (QED) is 0.779. The average Bonchev–Trinajstić information content (AvgIpc) is 2.14. The van der Waals surface area contributed by atoms with E-state index in [1.165, 1.54) is 0 Å². The fraction of sp³-hybridized carbons (Fsp3) is 0.250. The van der Waals surface area contributed by atoms with E-state index in [9.17, 15) is 26.4 Å². The fourth-order valence-electron chi connectivity index (χ4n) is 1.03. The van der Waals surface area contributed by atoms with E-state index < -0.39 is 37.4 Å². The molecule has 0 atom stereocenters. The molecule has 0 amide bonds. The van der Waals surface area contributed by atoms with Crippen LogP contribution in [0.5, 0.6) is 0 Å². The highest BCUT2D eigenvalue weighted by atomic mass is 35.5. The first-order chi connectivity index (χ1) is 7.53. The van der Waals surface area contributed by atoms with Crippen LogP contribution in [0.3, 0.4) is 0 Å². The van der Waals surface area contributed by atoms with Gasteiger partial charge in [-0.3, -0.25) is 4.79 Å². The lowest BCUT2D eigenvalue weighted by molar-refractivity contribution is -0.138. The van der Waals surface area contributed by atoms with Crippen molar-refractivity contribution in [2.45, 2.75) is 11.1 Å². The third kappa shape index (κ3) is 3.16. The van der Waals surface area contributed by atoms with E-state index in [4.69, 9.17) is 11.6 Å². The molecule has 1 aromatic rings. The molecule has 0 aromatic carbocycles. The molecule has 0 radical (unpaired) electrons. The molecule has 0 saturated carbocycles. The van der Waals surface area contributed by atoms with Crippen LogP contribution in [-0.4, -0.2) is 24.9 Å². The Hall–Kier alpha value is -1.15. The van der Waals surface area contributed by atoms with Gasteiger partial charge < -0.3 is 0 Å². The van der Waals surface area contributed by atoms with Gasteiger partial charge in [-0.1, -0.05) is 0 Å². The van der Waals surface area contributed by atoms with E-state index >= 15 is 0 Å². The van der Waals surface area contributed by atoms with Crippen LogP contribution in [0.25, 0.3) is 0 Å². The van der Waals surface area contributed by atoms with Crippen molar-refractivity contribution in [1.29, 1.82) is 0 Å². The van der Waals surface area contributed by atoms with Gasteiger partial charge in [-0.15, -0.1) is 0 Å². The highest BCUT2D eigenvalue weighted by molar-refractivity contribution is 7.90. The standard InChI is InChI=1S/C8H5ClF3NO3S/c1-17(15,16)5-2-4(8(10,11)12)3-13-6(5)7(9)14/h2-3H,1H3. The zero-order valence-corrected chi connectivity index (χ0v) is 9.82. The topological polar surface area (TPSA) is 64.1 Å². The summed E-state index contributed by atoms with van der Waals surface area (Å²) >= 11 is 5.03. The molecule has 9 heteroatoms. The maximum atomic E-state index is 12.3. The van der Waals surface area contributed by atoms with Gasteiger partial charge >= 0.3 is 6.18 Å². The van der Waals surface area contributed by atoms with Crippen LogP contribution in [-0.2, 0) is 16.0 Å². The number of halogens is 4. The summed E-state index contributed by atoms with van der Waals surface area (Å²) in [5.74, 6) is 0. The minimum atomic E-state index is -4.75. The van der Waals surface area contributed by atoms with Crippen molar-refractivity contribution in [2.75, 3.05) is 6.26 Å². The highest BCUT2D eigenvalue weighted by Gasteiger charge is 2.33. The molecule has 0 spiro atoms. The van der Waals surface area contributed by atoms with E-state index in [-0.39, 0.29) is 0 Å². The van der Waals surface area contributed by atoms with Crippen molar-refractivity contribution in [1.82, 2.24) is 4.98 Å². The van der Waals surface area contributed by atoms with Crippen molar-refractivity contribution >= 4 is 26.7 Å². The SMILES string of the molecule is CS(=O)(=O)c1cc(C(F)(F)F)cnc1C(=O)Cl. The maximum Gasteiger partial charge on any atom is 0.417 e. The van der Waals surface area contributed by atoms with Crippen LogP contribution >= 0.6 is 11.6 Å². The summed E-state index contributed by atoms with van der Waals surface area (Å²) in [7, 11) is -4.03. The molecular weight excluding hydrogens is 283 g/mol. The smallest absolute Gasteiger partial charge is 0.274 e. The molecular formula is C8H5ClF3NO3S. The van der Waals surface area contributed by atoms with E-state index in [1.54, 1.807) is 0 Å². The number of alkyl halides is 3.